The maximum Gasteiger partial charge on any atom is 0.307 e. The van der Waals surface area contributed by atoms with Crippen LogP contribution in [0.1, 0.15) is 19.3 Å². The lowest BCUT2D eigenvalue weighted by molar-refractivity contribution is -0.141. The van der Waals surface area contributed by atoms with E-state index in [1.165, 1.54) is 11.8 Å². The Balaban J connectivity index is 2.15. The number of thioether (sulfide) groups is 1. The molecule has 1 aromatic carbocycles. The highest BCUT2D eigenvalue weighted by Crippen LogP contribution is 2.42. The van der Waals surface area contributed by atoms with Crippen molar-refractivity contribution in [2.24, 2.45) is 5.92 Å². The van der Waals surface area contributed by atoms with Crippen LogP contribution in [0.4, 0.5) is 0 Å². The van der Waals surface area contributed by atoms with Gasteiger partial charge in [0.2, 0.25) is 0 Å². The van der Waals surface area contributed by atoms with E-state index in [9.17, 15) is 4.79 Å². The quantitative estimate of drug-likeness (QED) is 0.900. The van der Waals surface area contributed by atoms with Crippen molar-refractivity contribution in [3.63, 3.8) is 0 Å². The predicted octanol–water partition coefficient (Wildman–Crippen LogP) is 4.34. The van der Waals surface area contributed by atoms with Crippen LogP contribution in [-0.4, -0.2) is 16.3 Å². The van der Waals surface area contributed by atoms with E-state index in [1.54, 1.807) is 18.2 Å². The van der Waals surface area contributed by atoms with Crippen LogP contribution in [0.25, 0.3) is 0 Å². The molecule has 2 rings (SSSR count). The number of halogens is 2. The summed E-state index contributed by atoms with van der Waals surface area (Å²) in [6, 6.07) is 5.28. The minimum absolute atomic E-state index is 0.100. The summed E-state index contributed by atoms with van der Waals surface area (Å²) in [7, 11) is 0. The second-order valence-electron chi connectivity index (χ2n) is 4.11. The summed E-state index contributed by atoms with van der Waals surface area (Å²) in [6.07, 6.45) is 2.64. The van der Waals surface area contributed by atoms with Crippen molar-refractivity contribution in [1.29, 1.82) is 0 Å². The molecule has 1 aliphatic carbocycles. The van der Waals surface area contributed by atoms with Crippen LogP contribution in [0.3, 0.4) is 0 Å². The van der Waals surface area contributed by atoms with E-state index in [1.807, 2.05) is 0 Å². The number of carbonyl (C=O) groups is 1. The van der Waals surface area contributed by atoms with Gasteiger partial charge < -0.3 is 5.11 Å². The maximum atomic E-state index is 11.1. The van der Waals surface area contributed by atoms with Gasteiger partial charge in [0.1, 0.15) is 0 Å². The van der Waals surface area contributed by atoms with E-state index in [2.05, 4.69) is 0 Å². The molecule has 2 atom stereocenters. The molecule has 17 heavy (non-hydrogen) atoms. The minimum Gasteiger partial charge on any atom is -0.481 e. The number of hydrogen-bond donors (Lipinski definition) is 1. The van der Waals surface area contributed by atoms with E-state index < -0.39 is 5.97 Å². The summed E-state index contributed by atoms with van der Waals surface area (Å²) in [5, 5.41) is 10.5. The van der Waals surface area contributed by atoms with Crippen LogP contribution >= 0.6 is 35.0 Å². The standard InChI is InChI=1S/C12H12Cl2O2S/c13-7-4-5-9(14)11(6-7)17-10-3-1-2-8(10)12(15)16/h4-6,8,10H,1-3H2,(H,15,16). The van der Waals surface area contributed by atoms with Gasteiger partial charge in [0.05, 0.1) is 10.9 Å². The molecule has 0 aromatic heterocycles. The van der Waals surface area contributed by atoms with Crippen molar-refractivity contribution in [1.82, 2.24) is 0 Å². The molecule has 0 saturated heterocycles. The summed E-state index contributed by atoms with van der Waals surface area (Å²) in [5.74, 6) is -0.979. The molecular formula is C12H12Cl2O2S. The first kappa shape index (κ1) is 13.1. The van der Waals surface area contributed by atoms with Crippen molar-refractivity contribution in [2.45, 2.75) is 29.4 Å². The number of rotatable bonds is 3. The third kappa shape index (κ3) is 3.09. The number of aliphatic carboxylic acids is 1. The average Bonchev–Trinajstić information content (AvgIpc) is 2.71. The summed E-state index contributed by atoms with van der Waals surface area (Å²) in [4.78, 5) is 12.0. The smallest absolute Gasteiger partial charge is 0.307 e. The first-order valence-electron chi connectivity index (χ1n) is 5.42. The average molecular weight is 291 g/mol. The van der Waals surface area contributed by atoms with Gasteiger partial charge in [-0.2, -0.15) is 0 Å². The van der Waals surface area contributed by atoms with Crippen LogP contribution in [0.2, 0.25) is 10.0 Å². The monoisotopic (exact) mass is 290 g/mol. The molecule has 0 spiro atoms. The summed E-state index contributed by atoms with van der Waals surface area (Å²) in [5.41, 5.74) is 0. The Morgan fingerprint density at radius 1 is 1.35 bits per heavy atom. The van der Waals surface area contributed by atoms with Gasteiger partial charge in [0.15, 0.2) is 0 Å². The van der Waals surface area contributed by atoms with Gasteiger partial charge >= 0.3 is 5.97 Å². The summed E-state index contributed by atoms with van der Waals surface area (Å²) in [6.45, 7) is 0. The topological polar surface area (TPSA) is 37.3 Å². The molecule has 0 amide bonds. The fourth-order valence-electron chi connectivity index (χ4n) is 2.08. The van der Waals surface area contributed by atoms with Gasteiger partial charge in [-0.1, -0.05) is 29.6 Å². The van der Waals surface area contributed by atoms with Crippen LogP contribution in [-0.2, 0) is 4.79 Å². The van der Waals surface area contributed by atoms with Crippen LogP contribution in [0.5, 0.6) is 0 Å². The van der Waals surface area contributed by atoms with Crippen LogP contribution < -0.4 is 0 Å². The normalized spacial score (nSPS) is 23.9. The van der Waals surface area contributed by atoms with E-state index >= 15 is 0 Å². The Labute approximate surface area is 114 Å². The zero-order chi connectivity index (χ0) is 12.4. The molecule has 0 radical (unpaired) electrons. The molecule has 1 aromatic rings. The van der Waals surface area contributed by atoms with Crippen molar-refractivity contribution in [2.75, 3.05) is 0 Å². The zero-order valence-corrected chi connectivity index (χ0v) is 11.4. The number of carboxylic acid groups (broad SMARTS) is 1. The summed E-state index contributed by atoms with van der Waals surface area (Å²) >= 11 is 13.5. The Kier molecular flexibility index (Phi) is 4.23. The molecule has 92 valence electrons. The molecule has 5 heteroatoms. The molecule has 1 fully saturated rings. The van der Waals surface area contributed by atoms with E-state index in [0.29, 0.717) is 10.0 Å². The SMILES string of the molecule is O=C(O)C1CCCC1Sc1cc(Cl)ccc1Cl. The molecule has 1 N–H and O–H groups in total. The van der Waals surface area contributed by atoms with E-state index in [4.69, 9.17) is 28.3 Å². The molecule has 1 aliphatic rings. The second-order valence-corrected chi connectivity index (χ2v) is 6.23. The summed E-state index contributed by atoms with van der Waals surface area (Å²) < 4.78 is 0. The Morgan fingerprint density at radius 2 is 2.12 bits per heavy atom. The van der Waals surface area contributed by atoms with Gasteiger partial charge in [-0.3, -0.25) is 4.79 Å². The van der Waals surface area contributed by atoms with Gasteiger partial charge in [0, 0.05) is 15.2 Å². The third-order valence-corrected chi connectivity index (χ3v) is 5.08. The van der Waals surface area contributed by atoms with Gasteiger partial charge in [-0.05, 0) is 31.0 Å². The minimum atomic E-state index is -0.710. The van der Waals surface area contributed by atoms with Crippen LogP contribution in [0.15, 0.2) is 23.1 Å². The Hall–Kier alpha value is -0.380. The van der Waals surface area contributed by atoms with Crippen molar-refractivity contribution in [3.8, 4) is 0 Å². The molecule has 0 heterocycles. The van der Waals surface area contributed by atoms with E-state index in [-0.39, 0.29) is 11.2 Å². The predicted molar refractivity (Wildman–Crippen MR) is 71.1 cm³/mol. The first-order chi connectivity index (χ1) is 8.08. The van der Waals surface area contributed by atoms with Crippen molar-refractivity contribution < 1.29 is 9.90 Å². The van der Waals surface area contributed by atoms with Gasteiger partial charge in [-0.25, -0.2) is 0 Å². The van der Waals surface area contributed by atoms with E-state index in [0.717, 1.165) is 24.2 Å². The number of benzene rings is 1. The number of carboxylic acids is 1. The largest absolute Gasteiger partial charge is 0.481 e. The second kappa shape index (κ2) is 5.51. The third-order valence-electron chi connectivity index (χ3n) is 2.94. The lowest BCUT2D eigenvalue weighted by Crippen LogP contribution is -2.19. The molecular weight excluding hydrogens is 279 g/mol. The lowest BCUT2D eigenvalue weighted by atomic mass is 10.1. The molecule has 1 saturated carbocycles. The number of hydrogen-bond acceptors (Lipinski definition) is 2. The molecule has 2 nitrogen and oxygen atoms in total. The lowest BCUT2D eigenvalue weighted by Gasteiger charge is -2.16. The molecule has 0 bridgehead atoms. The fraction of sp³-hybridized carbons (Fsp3) is 0.417. The molecule has 0 aliphatic heterocycles. The molecule has 2 unspecified atom stereocenters. The first-order valence-corrected chi connectivity index (χ1v) is 7.06. The Morgan fingerprint density at radius 3 is 2.82 bits per heavy atom. The van der Waals surface area contributed by atoms with Crippen molar-refractivity contribution >= 4 is 40.9 Å². The zero-order valence-electron chi connectivity index (χ0n) is 9.03. The fourth-order valence-corrected chi connectivity index (χ4v) is 3.97. The van der Waals surface area contributed by atoms with Crippen LogP contribution in [0, 0.1) is 5.92 Å². The van der Waals surface area contributed by atoms with Crippen molar-refractivity contribution in [3.05, 3.63) is 28.2 Å². The Bertz CT molecular complexity index is 437. The maximum absolute atomic E-state index is 11.1. The highest BCUT2D eigenvalue weighted by atomic mass is 35.5. The van der Waals surface area contributed by atoms with Gasteiger partial charge in [0.25, 0.3) is 0 Å². The highest BCUT2D eigenvalue weighted by Gasteiger charge is 2.33. The highest BCUT2D eigenvalue weighted by molar-refractivity contribution is 8.00. The van der Waals surface area contributed by atoms with Gasteiger partial charge in [-0.15, -0.1) is 11.8 Å².